The van der Waals surface area contributed by atoms with E-state index in [1.165, 1.54) is 0 Å². The van der Waals surface area contributed by atoms with Gasteiger partial charge in [-0.25, -0.2) is 0 Å². The average molecular weight is 388 g/mol. The number of rotatable bonds is 7. The Hall–Kier alpha value is -3.07. The molecule has 0 amide bonds. The molecule has 0 aliphatic heterocycles. The zero-order chi connectivity index (χ0) is 21.0. The van der Waals surface area contributed by atoms with E-state index in [1.54, 1.807) is 12.3 Å². The molecule has 0 saturated carbocycles. The highest BCUT2D eigenvalue weighted by Crippen LogP contribution is 2.47. The molecule has 0 fully saturated rings. The Bertz CT molecular complexity index is 1020. The molecule has 0 saturated heterocycles. The second-order valence-corrected chi connectivity index (χ2v) is 7.65. The molecule has 1 aromatic heterocycles. The van der Waals surface area contributed by atoms with Crippen LogP contribution in [0.1, 0.15) is 49.8 Å². The summed E-state index contributed by atoms with van der Waals surface area (Å²) in [6, 6.07) is 13.4. The van der Waals surface area contributed by atoms with Crippen LogP contribution >= 0.6 is 0 Å². The van der Waals surface area contributed by atoms with Crippen molar-refractivity contribution in [2.75, 3.05) is 0 Å². The first kappa shape index (κ1) is 20.7. The van der Waals surface area contributed by atoms with Gasteiger partial charge < -0.3 is 10.2 Å². The standard InChI is InChI=1S/C26H29NO2/c1-5-6-7-10-19-16-23(28)25(21-15-18(4)12-13-20(21)17(2)3)26(29)24(19)22-11-8-9-14-27-22/h8-9,11-16,28-29H,2,5-7,10H2,1,3-4H3. The summed E-state index contributed by atoms with van der Waals surface area (Å²) in [6.07, 6.45) is 5.71. The fourth-order valence-electron chi connectivity index (χ4n) is 3.77. The van der Waals surface area contributed by atoms with Crippen molar-refractivity contribution in [2.45, 2.75) is 46.5 Å². The van der Waals surface area contributed by atoms with Crippen LogP contribution in [-0.4, -0.2) is 15.2 Å². The van der Waals surface area contributed by atoms with E-state index in [9.17, 15) is 10.2 Å². The molecular formula is C26H29NO2. The fourth-order valence-corrected chi connectivity index (χ4v) is 3.77. The maximum Gasteiger partial charge on any atom is 0.136 e. The summed E-state index contributed by atoms with van der Waals surface area (Å²) in [5, 5.41) is 22.3. The maximum absolute atomic E-state index is 11.4. The van der Waals surface area contributed by atoms with E-state index < -0.39 is 0 Å². The molecule has 150 valence electrons. The molecule has 29 heavy (non-hydrogen) atoms. The van der Waals surface area contributed by atoms with Crippen LogP contribution in [-0.2, 0) is 6.42 Å². The third kappa shape index (κ3) is 4.34. The largest absolute Gasteiger partial charge is 0.507 e. The monoisotopic (exact) mass is 387 g/mol. The zero-order valence-corrected chi connectivity index (χ0v) is 17.5. The molecule has 3 aromatic rings. The third-order valence-corrected chi connectivity index (χ3v) is 5.24. The van der Waals surface area contributed by atoms with Gasteiger partial charge in [0.15, 0.2) is 0 Å². The minimum absolute atomic E-state index is 0.0725. The number of benzene rings is 2. The minimum Gasteiger partial charge on any atom is -0.507 e. The summed E-state index contributed by atoms with van der Waals surface area (Å²) in [4.78, 5) is 4.48. The van der Waals surface area contributed by atoms with Crippen LogP contribution in [0.3, 0.4) is 0 Å². The summed E-state index contributed by atoms with van der Waals surface area (Å²) in [5.41, 5.74) is 6.38. The Morgan fingerprint density at radius 2 is 1.83 bits per heavy atom. The Kier molecular flexibility index (Phi) is 6.38. The number of nitrogens with zero attached hydrogens (tertiary/aromatic N) is 1. The van der Waals surface area contributed by atoms with Crippen molar-refractivity contribution in [3.63, 3.8) is 0 Å². The number of aromatic nitrogens is 1. The lowest BCUT2D eigenvalue weighted by atomic mass is 9.88. The van der Waals surface area contributed by atoms with Crippen LogP contribution in [0.2, 0.25) is 0 Å². The number of phenolic OH excluding ortho intramolecular Hbond substituents is 2. The molecule has 0 unspecified atom stereocenters. The highest BCUT2D eigenvalue weighted by atomic mass is 16.3. The van der Waals surface area contributed by atoms with Gasteiger partial charge in [-0.15, -0.1) is 0 Å². The third-order valence-electron chi connectivity index (χ3n) is 5.24. The lowest BCUT2D eigenvalue weighted by Gasteiger charge is -2.19. The number of pyridine rings is 1. The normalized spacial score (nSPS) is 10.9. The van der Waals surface area contributed by atoms with Gasteiger partial charge in [-0.1, -0.05) is 61.7 Å². The molecule has 0 bridgehead atoms. The minimum atomic E-state index is 0.0725. The molecule has 3 rings (SSSR count). The fraction of sp³-hybridized carbons (Fsp3) is 0.269. The Morgan fingerprint density at radius 3 is 2.48 bits per heavy atom. The van der Waals surface area contributed by atoms with Crippen molar-refractivity contribution in [1.29, 1.82) is 0 Å². The molecule has 3 heteroatoms. The van der Waals surface area contributed by atoms with Crippen LogP contribution < -0.4 is 0 Å². The van der Waals surface area contributed by atoms with E-state index in [0.29, 0.717) is 16.8 Å². The topological polar surface area (TPSA) is 53.4 Å². The first-order valence-electron chi connectivity index (χ1n) is 10.2. The molecule has 3 nitrogen and oxygen atoms in total. The molecule has 0 radical (unpaired) electrons. The lowest BCUT2D eigenvalue weighted by Crippen LogP contribution is -1.97. The number of phenols is 2. The van der Waals surface area contributed by atoms with Crippen LogP contribution in [0.25, 0.3) is 28.0 Å². The molecule has 0 aliphatic rings. The lowest BCUT2D eigenvalue weighted by molar-refractivity contribution is 0.454. The van der Waals surface area contributed by atoms with Gasteiger partial charge >= 0.3 is 0 Å². The van der Waals surface area contributed by atoms with Crippen molar-refractivity contribution in [2.24, 2.45) is 0 Å². The summed E-state index contributed by atoms with van der Waals surface area (Å²) >= 11 is 0. The molecule has 0 atom stereocenters. The van der Waals surface area contributed by atoms with E-state index in [-0.39, 0.29) is 11.5 Å². The number of hydrogen-bond acceptors (Lipinski definition) is 3. The van der Waals surface area contributed by atoms with Gasteiger partial charge in [-0.3, -0.25) is 4.98 Å². The van der Waals surface area contributed by atoms with E-state index in [2.05, 4.69) is 18.5 Å². The average Bonchev–Trinajstić information content (AvgIpc) is 2.68. The first-order valence-corrected chi connectivity index (χ1v) is 10.2. The van der Waals surface area contributed by atoms with Gasteiger partial charge in [-0.2, -0.15) is 0 Å². The first-order chi connectivity index (χ1) is 13.9. The van der Waals surface area contributed by atoms with Gasteiger partial charge in [0.25, 0.3) is 0 Å². The van der Waals surface area contributed by atoms with Gasteiger partial charge in [0.1, 0.15) is 11.5 Å². The van der Waals surface area contributed by atoms with Crippen molar-refractivity contribution >= 4 is 5.57 Å². The van der Waals surface area contributed by atoms with Gasteiger partial charge in [0.2, 0.25) is 0 Å². The second kappa shape index (κ2) is 8.95. The van der Waals surface area contributed by atoms with Gasteiger partial charge in [-0.05, 0) is 61.6 Å². The van der Waals surface area contributed by atoms with Crippen molar-refractivity contribution in [3.8, 4) is 33.9 Å². The van der Waals surface area contributed by atoms with E-state index in [4.69, 9.17) is 0 Å². The highest BCUT2D eigenvalue weighted by Gasteiger charge is 2.22. The van der Waals surface area contributed by atoms with Crippen LogP contribution in [0.4, 0.5) is 0 Å². The van der Waals surface area contributed by atoms with Crippen LogP contribution in [0, 0.1) is 6.92 Å². The zero-order valence-electron chi connectivity index (χ0n) is 17.5. The van der Waals surface area contributed by atoms with Crippen LogP contribution in [0.15, 0.2) is 55.2 Å². The smallest absolute Gasteiger partial charge is 0.136 e. The SMILES string of the molecule is C=C(C)c1ccc(C)cc1-c1c(O)cc(CCCCC)c(-c2ccccn2)c1O. The highest BCUT2D eigenvalue weighted by molar-refractivity contribution is 5.91. The Labute approximate surface area is 173 Å². The van der Waals surface area contributed by atoms with Gasteiger partial charge in [0.05, 0.1) is 11.3 Å². The van der Waals surface area contributed by atoms with Crippen molar-refractivity contribution < 1.29 is 10.2 Å². The predicted octanol–water partition coefficient (Wildman–Crippen LogP) is 6.90. The molecule has 1 heterocycles. The predicted molar refractivity (Wildman–Crippen MR) is 121 cm³/mol. The number of aryl methyl sites for hydroxylation is 2. The quantitative estimate of drug-likeness (QED) is 0.433. The summed E-state index contributed by atoms with van der Waals surface area (Å²) < 4.78 is 0. The summed E-state index contributed by atoms with van der Waals surface area (Å²) in [7, 11) is 0. The van der Waals surface area contributed by atoms with Gasteiger partial charge in [0, 0.05) is 11.8 Å². The molecule has 2 N–H and O–H groups in total. The number of hydrogen-bond donors (Lipinski definition) is 2. The molecular weight excluding hydrogens is 358 g/mol. The number of aromatic hydroxyl groups is 2. The maximum atomic E-state index is 11.4. The summed E-state index contributed by atoms with van der Waals surface area (Å²) in [5.74, 6) is 0.157. The van der Waals surface area contributed by atoms with E-state index in [0.717, 1.165) is 53.5 Å². The Morgan fingerprint density at radius 1 is 1.03 bits per heavy atom. The molecule has 2 aromatic carbocycles. The number of allylic oxidation sites excluding steroid dienone is 1. The Balaban J connectivity index is 2.28. The van der Waals surface area contributed by atoms with Crippen molar-refractivity contribution in [1.82, 2.24) is 4.98 Å². The van der Waals surface area contributed by atoms with E-state index >= 15 is 0 Å². The molecule has 0 aliphatic carbocycles. The summed E-state index contributed by atoms with van der Waals surface area (Å²) in [6.45, 7) is 10.2. The number of unbranched alkanes of at least 4 members (excludes halogenated alkanes) is 2. The van der Waals surface area contributed by atoms with Crippen LogP contribution in [0.5, 0.6) is 11.5 Å². The van der Waals surface area contributed by atoms with Crippen molar-refractivity contribution in [3.05, 3.63) is 71.9 Å². The van der Waals surface area contributed by atoms with E-state index in [1.807, 2.05) is 50.2 Å². The molecule has 0 spiro atoms. The second-order valence-electron chi connectivity index (χ2n) is 7.65.